The van der Waals surface area contributed by atoms with Gasteiger partial charge < -0.3 is 14.2 Å². The number of benzene rings is 4. The molecular weight excluding hydrogens is 288 g/mol. The summed E-state index contributed by atoms with van der Waals surface area (Å²) in [6.45, 7) is 0. The SMILES string of the molecule is O.O=S([O-])Oc1ccc2ccc3cccc4ccc1c2c34. The Hall–Kier alpha value is -2.21. The molecule has 0 amide bonds. The molecule has 0 aliphatic rings. The molecule has 4 rings (SSSR count). The number of hydrogen-bond acceptors (Lipinski definition) is 3. The molecule has 21 heavy (non-hydrogen) atoms. The summed E-state index contributed by atoms with van der Waals surface area (Å²) >= 11 is -2.57. The van der Waals surface area contributed by atoms with Crippen molar-refractivity contribution < 1.29 is 18.4 Å². The average Bonchev–Trinajstić information content (AvgIpc) is 2.46. The minimum atomic E-state index is -2.57. The topological polar surface area (TPSA) is 80.9 Å². The van der Waals surface area contributed by atoms with Crippen LogP contribution >= 0.6 is 0 Å². The Morgan fingerprint density at radius 3 is 2.05 bits per heavy atom. The van der Waals surface area contributed by atoms with Gasteiger partial charge in [0, 0.05) is 10.8 Å². The third-order valence-electron chi connectivity index (χ3n) is 3.65. The molecule has 4 aromatic rings. The normalized spacial score (nSPS) is 12.6. The monoisotopic (exact) mass is 299 g/mol. The first kappa shape index (κ1) is 13.8. The van der Waals surface area contributed by atoms with Crippen molar-refractivity contribution in [3.63, 3.8) is 0 Å². The minimum Gasteiger partial charge on any atom is -0.740 e. The van der Waals surface area contributed by atoms with E-state index in [-0.39, 0.29) is 5.48 Å². The van der Waals surface area contributed by atoms with Gasteiger partial charge in [-0.2, -0.15) is 0 Å². The highest BCUT2D eigenvalue weighted by molar-refractivity contribution is 7.74. The van der Waals surface area contributed by atoms with Gasteiger partial charge in [0.25, 0.3) is 0 Å². The van der Waals surface area contributed by atoms with Crippen molar-refractivity contribution in [3.8, 4) is 5.75 Å². The molecule has 0 bridgehead atoms. The smallest absolute Gasteiger partial charge is 0.147 e. The van der Waals surface area contributed by atoms with Gasteiger partial charge in [0.2, 0.25) is 0 Å². The maximum absolute atomic E-state index is 10.8. The molecule has 1 unspecified atom stereocenters. The predicted octanol–water partition coefficient (Wildman–Crippen LogP) is 2.93. The largest absolute Gasteiger partial charge is 0.740 e. The van der Waals surface area contributed by atoms with E-state index in [9.17, 15) is 8.76 Å². The van der Waals surface area contributed by atoms with Crippen molar-refractivity contribution in [3.05, 3.63) is 54.6 Å². The van der Waals surface area contributed by atoms with Gasteiger partial charge in [0.1, 0.15) is 17.1 Å². The standard InChI is InChI=1S/C16H10O3S.H2O/c17-20(18)19-14-9-7-12-5-4-10-2-1-3-11-6-8-13(14)16(12)15(10)11;/h1-9H,(H,17,18);1H2/p-1. The first-order valence-corrected chi connectivity index (χ1v) is 7.18. The lowest BCUT2D eigenvalue weighted by Crippen LogP contribution is -1.98. The fourth-order valence-corrected chi connectivity index (χ4v) is 3.15. The van der Waals surface area contributed by atoms with Crippen LogP contribution in [-0.2, 0) is 11.4 Å². The van der Waals surface area contributed by atoms with Gasteiger partial charge in [-0.3, -0.25) is 0 Å². The van der Waals surface area contributed by atoms with Crippen molar-refractivity contribution in [2.24, 2.45) is 0 Å². The van der Waals surface area contributed by atoms with Crippen molar-refractivity contribution in [2.45, 2.75) is 0 Å². The van der Waals surface area contributed by atoms with E-state index in [0.29, 0.717) is 5.75 Å². The summed E-state index contributed by atoms with van der Waals surface area (Å²) in [7, 11) is 0. The maximum atomic E-state index is 10.8. The van der Waals surface area contributed by atoms with Crippen molar-refractivity contribution in [1.29, 1.82) is 0 Å². The molecular formula is C16H11O4S-. The predicted molar refractivity (Wildman–Crippen MR) is 83.3 cm³/mol. The van der Waals surface area contributed by atoms with Gasteiger partial charge in [-0.25, -0.2) is 4.21 Å². The second kappa shape index (κ2) is 4.96. The van der Waals surface area contributed by atoms with E-state index in [2.05, 4.69) is 18.2 Å². The molecule has 0 aliphatic carbocycles. The van der Waals surface area contributed by atoms with Crippen LogP contribution < -0.4 is 4.18 Å². The maximum Gasteiger partial charge on any atom is 0.147 e. The van der Waals surface area contributed by atoms with Crippen LogP contribution in [0.15, 0.2) is 54.6 Å². The summed E-state index contributed by atoms with van der Waals surface area (Å²) < 4.78 is 26.5. The summed E-state index contributed by atoms with van der Waals surface area (Å²) in [5.74, 6) is 0.365. The zero-order valence-corrected chi connectivity index (χ0v) is 11.6. The van der Waals surface area contributed by atoms with Crippen molar-refractivity contribution in [2.75, 3.05) is 0 Å². The van der Waals surface area contributed by atoms with Crippen LogP contribution in [0.4, 0.5) is 0 Å². The Morgan fingerprint density at radius 1 is 0.810 bits per heavy atom. The first-order valence-electron chi connectivity index (χ1n) is 6.18. The van der Waals surface area contributed by atoms with Crippen LogP contribution in [0.5, 0.6) is 5.75 Å². The quantitative estimate of drug-likeness (QED) is 0.421. The molecule has 4 aromatic carbocycles. The molecule has 0 heterocycles. The highest BCUT2D eigenvalue weighted by Gasteiger charge is 2.11. The van der Waals surface area contributed by atoms with Gasteiger partial charge in [-0.1, -0.05) is 42.5 Å². The molecule has 0 spiro atoms. The first-order chi connectivity index (χ1) is 9.74. The molecule has 0 aliphatic heterocycles. The molecule has 5 heteroatoms. The van der Waals surface area contributed by atoms with Crippen LogP contribution in [-0.4, -0.2) is 14.2 Å². The Morgan fingerprint density at radius 2 is 1.38 bits per heavy atom. The lowest BCUT2D eigenvalue weighted by Gasteiger charge is -2.14. The molecule has 0 fully saturated rings. The summed E-state index contributed by atoms with van der Waals surface area (Å²) in [4.78, 5) is 0. The van der Waals surface area contributed by atoms with Crippen molar-refractivity contribution in [1.82, 2.24) is 0 Å². The number of hydrogen-bond donors (Lipinski definition) is 0. The van der Waals surface area contributed by atoms with Gasteiger partial charge in [0.15, 0.2) is 0 Å². The zero-order valence-electron chi connectivity index (χ0n) is 10.8. The fraction of sp³-hybridized carbons (Fsp3) is 0. The van der Waals surface area contributed by atoms with E-state index < -0.39 is 11.4 Å². The zero-order chi connectivity index (χ0) is 13.7. The molecule has 106 valence electrons. The summed E-state index contributed by atoms with van der Waals surface area (Å²) in [5, 5.41) is 6.36. The minimum absolute atomic E-state index is 0. The molecule has 0 saturated carbocycles. The Bertz CT molecular complexity index is 949. The van der Waals surface area contributed by atoms with Crippen LogP contribution in [0.3, 0.4) is 0 Å². The van der Waals surface area contributed by atoms with Crippen LogP contribution in [0.2, 0.25) is 0 Å². The molecule has 2 N–H and O–H groups in total. The lowest BCUT2D eigenvalue weighted by atomic mass is 9.94. The van der Waals surface area contributed by atoms with Crippen LogP contribution in [0.1, 0.15) is 0 Å². The summed E-state index contributed by atoms with van der Waals surface area (Å²) in [6.07, 6.45) is 0. The van der Waals surface area contributed by atoms with E-state index >= 15 is 0 Å². The van der Waals surface area contributed by atoms with Crippen LogP contribution in [0, 0.1) is 0 Å². The second-order valence-electron chi connectivity index (χ2n) is 4.71. The Balaban J connectivity index is 0.00000132. The van der Waals surface area contributed by atoms with E-state index in [1.54, 1.807) is 6.07 Å². The lowest BCUT2D eigenvalue weighted by molar-refractivity contribution is 0.442. The third-order valence-corrected chi connectivity index (χ3v) is 3.96. The molecule has 0 radical (unpaired) electrons. The highest BCUT2D eigenvalue weighted by atomic mass is 32.2. The van der Waals surface area contributed by atoms with Gasteiger partial charge in [-0.15, -0.1) is 0 Å². The van der Waals surface area contributed by atoms with Gasteiger partial charge >= 0.3 is 0 Å². The van der Waals surface area contributed by atoms with E-state index in [0.717, 1.165) is 32.3 Å². The Labute approximate surface area is 123 Å². The molecule has 1 atom stereocenters. The van der Waals surface area contributed by atoms with Gasteiger partial charge in [0.05, 0.1) is 0 Å². The molecule has 4 nitrogen and oxygen atoms in total. The van der Waals surface area contributed by atoms with Crippen molar-refractivity contribution >= 4 is 43.7 Å². The summed E-state index contributed by atoms with van der Waals surface area (Å²) in [5.41, 5.74) is 0. The second-order valence-corrected chi connectivity index (χ2v) is 5.28. The summed E-state index contributed by atoms with van der Waals surface area (Å²) in [6, 6.07) is 17.7. The van der Waals surface area contributed by atoms with Crippen LogP contribution in [0.25, 0.3) is 32.3 Å². The van der Waals surface area contributed by atoms with E-state index in [1.807, 2.05) is 30.3 Å². The van der Waals surface area contributed by atoms with E-state index in [1.165, 1.54) is 0 Å². The van der Waals surface area contributed by atoms with Gasteiger partial charge in [-0.05, 0) is 33.7 Å². The molecule has 0 aromatic heterocycles. The Kier molecular flexibility index (Phi) is 3.25. The number of rotatable bonds is 2. The highest BCUT2D eigenvalue weighted by Crippen LogP contribution is 2.38. The molecule has 0 saturated heterocycles. The van der Waals surface area contributed by atoms with E-state index in [4.69, 9.17) is 4.18 Å². The third kappa shape index (κ3) is 2.03. The fourth-order valence-electron chi connectivity index (χ4n) is 2.85. The average molecular weight is 299 g/mol.